The van der Waals surface area contributed by atoms with Gasteiger partial charge in [0.1, 0.15) is 5.82 Å². The number of hydrogen-bond acceptors (Lipinski definition) is 2. The van der Waals surface area contributed by atoms with Gasteiger partial charge in [0.15, 0.2) is 0 Å². The lowest BCUT2D eigenvalue weighted by atomic mass is 9.98. The minimum absolute atomic E-state index is 0. The largest absolute Gasteiger partial charge is 0.337 e. The van der Waals surface area contributed by atoms with Crippen molar-refractivity contribution in [1.82, 2.24) is 4.90 Å². The van der Waals surface area contributed by atoms with E-state index in [1.165, 1.54) is 6.07 Å². The molecule has 1 aliphatic rings. The van der Waals surface area contributed by atoms with Crippen molar-refractivity contribution < 1.29 is 9.18 Å². The van der Waals surface area contributed by atoms with Crippen molar-refractivity contribution in [2.75, 3.05) is 6.54 Å². The van der Waals surface area contributed by atoms with E-state index in [1.54, 1.807) is 17.0 Å². The SMILES string of the molecule is CCCC(N)C(=O)N1CCc2cc(F)ccc2C1.Cl. The number of amides is 1. The van der Waals surface area contributed by atoms with Gasteiger partial charge in [-0.1, -0.05) is 19.4 Å². The number of nitrogens with two attached hydrogens (primary N) is 1. The van der Waals surface area contributed by atoms with Gasteiger partial charge in [0, 0.05) is 13.1 Å². The first-order valence-corrected chi connectivity index (χ1v) is 6.43. The number of halogens is 2. The highest BCUT2D eigenvalue weighted by molar-refractivity contribution is 5.85. The van der Waals surface area contributed by atoms with Gasteiger partial charge >= 0.3 is 0 Å². The highest BCUT2D eigenvalue weighted by Gasteiger charge is 2.24. The molecule has 2 N–H and O–H groups in total. The zero-order valence-electron chi connectivity index (χ0n) is 11.1. The van der Waals surface area contributed by atoms with Crippen LogP contribution in [0.1, 0.15) is 30.9 Å². The van der Waals surface area contributed by atoms with Gasteiger partial charge < -0.3 is 10.6 Å². The second-order valence-electron chi connectivity index (χ2n) is 4.82. The summed E-state index contributed by atoms with van der Waals surface area (Å²) in [7, 11) is 0. The highest BCUT2D eigenvalue weighted by atomic mass is 35.5. The zero-order valence-corrected chi connectivity index (χ0v) is 11.9. The fraction of sp³-hybridized carbons (Fsp3) is 0.500. The number of carbonyl (C=O) groups is 1. The summed E-state index contributed by atoms with van der Waals surface area (Å²) in [5.74, 6) is -0.206. The van der Waals surface area contributed by atoms with Gasteiger partial charge in [-0.05, 0) is 36.1 Å². The molecule has 106 valence electrons. The van der Waals surface area contributed by atoms with Crippen molar-refractivity contribution in [2.45, 2.75) is 38.8 Å². The van der Waals surface area contributed by atoms with Gasteiger partial charge in [0.05, 0.1) is 6.04 Å². The fourth-order valence-electron chi connectivity index (χ4n) is 2.38. The third-order valence-corrected chi connectivity index (χ3v) is 3.41. The van der Waals surface area contributed by atoms with Crippen molar-refractivity contribution >= 4 is 18.3 Å². The molecule has 0 aromatic heterocycles. The number of hydrogen-bond donors (Lipinski definition) is 1. The predicted octanol–water partition coefficient (Wildman–Crippen LogP) is 2.26. The summed E-state index contributed by atoms with van der Waals surface area (Å²) in [4.78, 5) is 13.9. The minimum atomic E-state index is -0.406. The van der Waals surface area contributed by atoms with E-state index in [9.17, 15) is 9.18 Å². The maximum Gasteiger partial charge on any atom is 0.239 e. The van der Waals surface area contributed by atoms with Crippen LogP contribution in [-0.4, -0.2) is 23.4 Å². The summed E-state index contributed by atoms with van der Waals surface area (Å²) in [6, 6.07) is 4.36. The van der Waals surface area contributed by atoms with E-state index in [4.69, 9.17) is 5.73 Å². The Hall–Kier alpha value is -1.13. The Morgan fingerprint density at radius 3 is 2.89 bits per heavy atom. The van der Waals surface area contributed by atoms with Crippen molar-refractivity contribution in [3.8, 4) is 0 Å². The summed E-state index contributed by atoms with van der Waals surface area (Å²) >= 11 is 0. The molecule has 1 aromatic carbocycles. The van der Waals surface area contributed by atoms with E-state index in [-0.39, 0.29) is 24.1 Å². The zero-order chi connectivity index (χ0) is 13.1. The van der Waals surface area contributed by atoms with Crippen LogP contribution in [-0.2, 0) is 17.8 Å². The topological polar surface area (TPSA) is 46.3 Å². The van der Waals surface area contributed by atoms with Crippen molar-refractivity contribution in [3.05, 3.63) is 35.1 Å². The van der Waals surface area contributed by atoms with Crippen LogP contribution in [0, 0.1) is 5.82 Å². The number of nitrogens with zero attached hydrogens (tertiary/aromatic N) is 1. The average Bonchev–Trinajstić information content (AvgIpc) is 2.37. The van der Waals surface area contributed by atoms with E-state index in [0.717, 1.165) is 17.5 Å². The molecule has 1 aliphatic heterocycles. The Morgan fingerprint density at radius 2 is 2.21 bits per heavy atom. The highest BCUT2D eigenvalue weighted by Crippen LogP contribution is 2.20. The van der Waals surface area contributed by atoms with E-state index >= 15 is 0 Å². The Kier molecular flexibility index (Phi) is 5.76. The lowest BCUT2D eigenvalue weighted by Crippen LogP contribution is -2.45. The van der Waals surface area contributed by atoms with Crippen LogP contribution in [0.3, 0.4) is 0 Å². The Balaban J connectivity index is 0.00000180. The van der Waals surface area contributed by atoms with Crippen LogP contribution in [0.25, 0.3) is 0 Å². The normalized spacial score (nSPS) is 15.4. The number of rotatable bonds is 3. The third kappa shape index (κ3) is 3.67. The summed E-state index contributed by atoms with van der Waals surface area (Å²) in [5, 5.41) is 0. The van der Waals surface area contributed by atoms with Crippen LogP contribution in [0.2, 0.25) is 0 Å². The van der Waals surface area contributed by atoms with E-state index < -0.39 is 6.04 Å². The molecule has 0 aliphatic carbocycles. The molecule has 19 heavy (non-hydrogen) atoms. The molecular formula is C14H20ClFN2O. The molecule has 0 bridgehead atoms. The first kappa shape index (κ1) is 15.9. The summed E-state index contributed by atoms with van der Waals surface area (Å²) in [6.07, 6.45) is 2.33. The second-order valence-corrected chi connectivity index (χ2v) is 4.82. The fourth-order valence-corrected chi connectivity index (χ4v) is 2.38. The quantitative estimate of drug-likeness (QED) is 0.926. The molecule has 0 saturated heterocycles. The summed E-state index contributed by atoms with van der Waals surface area (Å²) in [5.41, 5.74) is 7.88. The van der Waals surface area contributed by atoms with Crippen molar-refractivity contribution in [1.29, 1.82) is 0 Å². The van der Waals surface area contributed by atoms with Crippen molar-refractivity contribution in [3.63, 3.8) is 0 Å². The van der Waals surface area contributed by atoms with E-state index in [2.05, 4.69) is 0 Å². The first-order valence-electron chi connectivity index (χ1n) is 6.43. The van der Waals surface area contributed by atoms with Crippen LogP contribution < -0.4 is 5.73 Å². The third-order valence-electron chi connectivity index (χ3n) is 3.41. The average molecular weight is 287 g/mol. The predicted molar refractivity (Wildman–Crippen MR) is 75.7 cm³/mol. The van der Waals surface area contributed by atoms with Crippen LogP contribution in [0.15, 0.2) is 18.2 Å². The van der Waals surface area contributed by atoms with Gasteiger partial charge in [-0.2, -0.15) is 0 Å². The minimum Gasteiger partial charge on any atom is -0.337 e. The molecule has 0 saturated carbocycles. The molecule has 0 spiro atoms. The molecule has 1 aromatic rings. The molecule has 0 fully saturated rings. The molecule has 5 heteroatoms. The molecule has 0 radical (unpaired) electrons. The molecule has 1 atom stereocenters. The van der Waals surface area contributed by atoms with E-state index in [1.807, 2.05) is 6.92 Å². The van der Waals surface area contributed by atoms with Gasteiger partial charge in [-0.15, -0.1) is 12.4 Å². The number of fused-ring (bicyclic) bond motifs is 1. The van der Waals surface area contributed by atoms with Gasteiger partial charge in [-0.3, -0.25) is 4.79 Å². The molecule has 3 nitrogen and oxygen atoms in total. The maximum absolute atomic E-state index is 13.1. The van der Waals surface area contributed by atoms with Gasteiger partial charge in [-0.25, -0.2) is 4.39 Å². The summed E-state index contributed by atoms with van der Waals surface area (Å²) < 4.78 is 13.1. The number of benzene rings is 1. The van der Waals surface area contributed by atoms with Gasteiger partial charge in [0.2, 0.25) is 5.91 Å². The Labute approximate surface area is 119 Å². The van der Waals surface area contributed by atoms with Gasteiger partial charge in [0.25, 0.3) is 0 Å². The second kappa shape index (κ2) is 6.87. The molecule has 2 rings (SSSR count). The molecular weight excluding hydrogens is 267 g/mol. The monoisotopic (exact) mass is 286 g/mol. The van der Waals surface area contributed by atoms with Crippen LogP contribution in [0.4, 0.5) is 4.39 Å². The molecule has 1 unspecified atom stereocenters. The lowest BCUT2D eigenvalue weighted by Gasteiger charge is -2.30. The molecule has 1 heterocycles. The Bertz CT molecular complexity index is 453. The Morgan fingerprint density at radius 1 is 1.47 bits per heavy atom. The lowest BCUT2D eigenvalue weighted by molar-refractivity contribution is -0.133. The molecule has 1 amide bonds. The smallest absolute Gasteiger partial charge is 0.239 e. The summed E-state index contributed by atoms with van der Waals surface area (Å²) in [6.45, 7) is 3.19. The standard InChI is InChI=1S/C14H19FN2O.ClH/c1-2-3-13(16)14(18)17-7-6-10-8-12(15)5-4-11(10)9-17;/h4-5,8,13H,2-3,6-7,9,16H2,1H3;1H. The maximum atomic E-state index is 13.1. The first-order chi connectivity index (χ1) is 8.61. The number of carbonyl (C=O) groups excluding carboxylic acids is 1. The van der Waals surface area contributed by atoms with Crippen molar-refractivity contribution in [2.24, 2.45) is 5.73 Å². The van der Waals surface area contributed by atoms with E-state index in [0.29, 0.717) is 25.9 Å². The van der Waals surface area contributed by atoms with Crippen LogP contribution in [0.5, 0.6) is 0 Å². The van der Waals surface area contributed by atoms with Crippen LogP contribution >= 0.6 is 12.4 Å².